The van der Waals surface area contributed by atoms with Gasteiger partial charge in [-0.05, 0) is 56.3 Å². The molecule has 2 amide bonds. The van der Waals surface area contributed by atoms with Crippen LogP contribution in [0.4, 0.5) is 0 Å². The number of carboxylic acids is 1. The molecule has 0 saturated carbocycles. The predicted molar refractivity (Wildman–Crippen MR) is 102 cm³/mol. The van der Waals surface area contributed by atoms with Crippen LogP contribution in [-0.2, 0) is 14.0 Å². The van der Waals surface area contributed by atoms with Crippen LogP contribution in [0.15, 0.2) is 30.0 Å². The van der Waals surface area contributed by atoms with E-state index in [9.17, 15) is 19.5 Å². The van der Waals surface area contributed by atoms with Gasteiger partial charge in [-0.2, -0.15) is 0 Å². The number of β-lactam (4-membered cyclic amide) rings is 1. The lowest BCUT2D eigenvalue weighted by atomic mass is 9.82. The van der Waals surface area contributed by atoms with E-state index >= 15 is 0 Å². The Balaban J connectivity index is 1.94. The minimum absolute atomic E-state index is 0.0110. The zero-order chi connectivity index (χ0) is 20.1. The number of hydrogen-bond donors (Lipinski definition) is 2. The smallest absolute Gasteiger partial charge is 0.352 e. The monoisotopic (exact) mass is 388 g/mol. The molecule has 1 saturated heterocycles. The highest BCUT2D eigenvalue weighted by molar-refractivity contribution is 6.69. The molecule has 0 unspecified atom stereocenters. The molecule has 0 radical (unpaired) electrons. The molecule has 3 rings (SSSR count). The summed E-state index contributed by atoms with van der Waals surface area (Å²) in [4.78, 5) is 37.4. The summed E-state index contributed by atoms with van der Waals surface area (Å²) in [7, 11) is -1.83. The Morgan fingerprint density at radius 2 is 2.00 bits per heavy atom. The summed E-state index contributed by atoms with van der Waals surface area (Å²) in [6.07, 6.45) is 0.149. The fourth-order valence-electron chi connectivity index (χ4n) is 4.00. The molecular weight excluding hydrogens is 364 g/mol. The highest BCUT2D eigenvalue weighted by Gasteiger charge is 2.57. The highest BCUT2D eigenvalue weighted by atomic mass is 28.4. The second-order valence-electron chi connectivity index (χ2n) is 8.02. The van der Waals surface area contributed by atoms with E-state index in [1.54, 1.807) is 24.3 Å². The van der Waals surface area contributed by atoms with Crippen LogP contribution >= 0.6 is 0 Å². The number of nitrogens with two attached hydrogens (primary N) is 1. The fourth-order valence-corrected chi connectivity index (χ4v) is 5.27. The molecule has 27 heavy (non-hydrogen) atoms. The Morgan fingerprint density at radius 1 is 1.33 bits per heavy atom. The van der Waals surface area contributed by atoms with Crippen molar-refractivity contribution in [3.8, 4) is 0 Å². The molecular formula is C19H24N2O5Si. The maximum absolute atomic E-state index is 12.7. The van der Waals surface area contributed by atoms with Gasteiger partial charge < -0.3 is 20.2 Å². The molecule has 3 N–H and O–H groups in total. The summed E-state index contributed by atoms with van der Waals surface area (Å²) in [6.45, 7) is 8.05. The van der Waals surface area contributed by atoms with E-state index < -0.39 is 20.2 Å². The number of carbonyl (C=O) groups excluding carboxylic acids is 2. The minimum atomic E-state index is -1.83. The number of aliphatic carboxylic acids is 1. The molecule has 144 valence electrons. The maximum Gasteiger partial charge on any atom is 0.352 e. The Bertz CT molecular complexity index is 858. The third-order valence-corrected chi connectivity index (χ3v) is 6.03. The largest absolute Gasteiger partial charge is 0.477 e. The number of carbonyl (C=O) groups is 3. The van der Waals surface area contributed by atoms with Gasteiger partial charge in [-0.15, -0.1) is 0 Å². The first-order chi connectivity index (χ1) is 12.5. The van der Waals surface area contributed by atoms with E-state index in [1.807, 2.05) is 6.92 Å². The van der Waals surface area contributed by atoms with E-state index in [2.05, 4.69) is 19.6 Å². The molecule has 2 heterocycles. The van der Waals surface area contributed by atoms with Crippen molar-refractivity contribution >= 4 is 31.7 Å². The molecule has 3 atom stereocenters. The number of fused-ring (bicyclic) bond motifs is 1. The van der Waals surface area contributed by atoms with Crippen molar-refractivity contribution in [2.45, 2.75) is 45.1 Å². The van der Waals surface area contributed by atoms with Crippen molar-refractivity contribution in [1.82, 2.24) is 4.90 Å². The Labute approximate surface area is 158 Å². The third kappa shape index (κ3) is 3.42. The highest BCUT2D eigenvalue weighted by Crippen LogP contribution is 2.47. The summed E-state index contributed by atoms with van der Waals surface area (Å²) in [5.41, 5.74) is 6.78. The van der Waals surface area contributed by atoms with Gasteiger partial charge in [-0.3, -0.25) is 9.59 Å². The summed E-state index contributed by atoms with van der Waals surface area (Å²) in [5.74, 6) is -2.31. The fraction of sp³-hybridized carbons (Fsp3) is 0.421. The van der Waals surface area contributed by atoms with Crippen molar-refractivity contribution < 1.29 is 23.9 Å². The molecule has 8 heteroatoms. The lowest BCUT2D eigenvalue weighted by Crippen LogP contribution is -2.63. The first kappa shape index (κ1) is 19.3. The quantitative estimate of drug-likeness (QED) is 0.572. The van der Waals surface area contributed by atoms with Crippen LogP contribution in [0.1, 0.15) is 29.3 Å². The topological polar surface area (TPSA) is 110 Å². The van der Waals surface area contributed by atoms with Crippen LogP contribution in [0, 0.1) is 5.92 Å². The summed E-state index contributed by atoms with van der Waals surface area (Å²) < 4.78 is 6.07. The number of amides is 2. The van der Waals surface area contributed by atoms with Crippen molar-refractivity contribution in [2.24, 2.45) is 11.7 Å². The van der Waals surface area contributed by atoms with Crippen molar-refractivity contribution in [1.29, 1.82) is 0 Å². The molecule has 2 aliphatic heterocycles. The van der Waals surface area contributed by atoms with Gasteiger partial charge in [0, 0.05) is 5.56 Å². The predicted octanol–water partition coefficient (Wildman–Crippen LogP) is 2.05. The van der Waals surface area contributed by atoms with Crippen molar-refractivity contribution in [2.75, 3.05) is 0 Å². The molecule has 0 aliphatic carbocycles. The van der Waals surface area contributed by atoms with E-state index in [4.69, 9.17) is 10.2 Å². The van der Waals surface area contributed by atoms with E-state index in [1.165, 1.54) is 4.90 Å². The SMILES string of the molecule is C[C@@H](O[Si](C)(C)C)[C@H]1C(=O)N2C(C(=O)O)=C(c3cccc(C(N)=O)c3)C[C@H]12. The second kappa shape index (κ2) is 6.61. The molecule has 1 fully saturated rings. The lowest BCUT2D eigenvalue weighted by Gasteiger charge is -2.47. The van der Waals surface area contributed by atoms with Crippen molar-refractivity contribution in [3.05, 3.63) is 41.1 Å². The van der Waals surface area contributed by atoms with Gasteiger partial charge in [0.25, 0.3) is 0 Å². The van der Waals surface area contributed by atoms with Crippen LogP contribution in [-0.4, -0.2) is 48.3 Å². The first-order valence-corrected chi connectivity index (χ1v) is 12.3. The van der Waals surface area contributed by atoms with E-state index in [0.29, 0.717) is 23.1 Å². The molecule has 0 spiro atoms. The van der Waals surface area contributed by atoms with Crippen LogP contribution in [0.3, 0.4) is 0 Å². The lowest BCUT2D eigenvalue weighted by molar-refractivity contribution is -0.160. The number of nitrogens with zero attached hydrogens (tertiary/aromatic N) is 1. The first-order valence-electron chi connectivity index (χ1n) is 8.89. The third-order valence-electron chi connectivity index (χ3n) is 4.95. The number of benzene rings is 1. The van der Waals surface area contributed by atoms with Gasteiger partial charge in [0.1, 0.15) is 5.70 Å². The normalized spacial score (nSPS) is 23.1. The van der Waals surface area contributed by atoms with Crippen LogP contribution in [0.25, 0.3) is 5.57 Å². The average molecular weight is 388 g/mol. The Kier molecular flexibility index (Phi) is 4.73. The van der Waals surface area contributed by atoms with E-state index in [0.717, 1.165) is 0 Å². The minimum Gasteiger partial charge on any atom is -0.477 e. The molecule has 2 aliphatic rings. The number of carboxylic acid groups (broad SMARTS) is 1. The van der Waals surface area contributed by atoms with Crippen LogP contribution in [0.2, 0.25) is 19.6 Å². The maximum atomic E-state index is 12.7. The Morgan fingerprint density at radius 3 is 2.56 bits per heavy atom. The second-order valence-corrected chi connectivity index (χ2v) is 12.5. The standard InChI is InChI=1S/C19H24N2O5Si/c1-10(26-27(2,3)4)15-14-9-13(16(19(24)25)21(14)18(15)23)11-6-5-7-12(8-11)17(20)22/h5-8,10,14-15H,9H2,1-4H3,(H2,20,22)(H,24,25)/t10-,14-,15-/m1/s1. The average Bonchev–Trinajstić information content (AvgIpc) is 2.88. The summed E-state index contributed by atoms with van der Waals surface area (Å²) >= 11 is 0. The van der Waals surface area contributed by atoms with Gasteiger partial charge in [0.15, 0.2) is 8.32 Å². The van der Waals surface area contributed by atoms with Gasteiger partial charge in [-0.25, -0.2) is 4.79 Å². The van der Waals surface area contributed by atoms with Gasteiger partial charge in [-0.1, -0.05) is 12.1 Å². The summed E-state index contributed by atoms with van der Waals surface area (Å²) in [6, 6.07) is 6.32. The Hall–Kier alpha value is -2.45. The van der Waals surface area contributed by atoms with Gasteiger partial charge in [0.05, 0.1) is 18.1 Å². The van der Waals surface area contributed by atoms with Crippen molar-refractivity contribution in [3.63, 3.8) is 0 Å². The molecule has 0 bridgehead atoms. The van der Waals surface area contributed by atoms with Gasteiger partial charge >= 0.3 is 5.97 Å². The van der Waals surface area contributed by atoms with E-state index in [-0.39, 0.29) is 29.7 Å². The number of primary amides is 1. The molecule has 1 aromatic rings. The zero-order valence-electron chi connectivity index (χ0n) is 15.9. The van der Waals surface area contributed by atoms with Crippen LogP contribution in [0.5, 0.6) is 0 Å². The molecule has 0 aromatic heterocycles. The zero-order valence-corrected chi connectivity index (χ0v) is 16.9. The number of hydrogen-bond acceptors (Lipinski definition) is 4. The molecule has 1 aromatic carbocycles. The number of rotatable bonds is 6. The molecule has 7 nitrogen and oxygen atoms in total. The van der Waals surface area contributed by atoms with Gasteiger partial charge in [0.2, 0.25) is 11.8 Å². The van der Waals surface area contributed by atoms with Crippen LogP contribution < -0.4 is 5.73 Å². The summed E-state index contributed by atoms with van der Waals surface area (Å²) in [5, 5.41) is 9.71.